The van der Waals surface area contributed by atoms with Crippen LogP contribution in [0.1, 0.15) is 35.3 Å². The molecular weight excluding hydrogens is 384 g/mol. The van der Waals surface area contributed by atoms with Crippen LogP contribution in [0.25, 0.3) is 0 Å². The Morgan fingerprint density at radius 2 is 1.68 bits per heavy atom. The fourth-order valence-electron chi connectivity index (χ4n) is 4.08. The van der Waals surface area contributed by atoms with Gasteiger partial charge in [-0.3, -0.25) is 4.79 Å². The fourth-order valence-corrected chi connectivity index (χ4v) is 4.08. The van der Waals surface area contributed by atoms with Crippen molar-refractivity contribution in [3.63, 3.8) is 0 Å². The van der Waals surface area contributed by atoms with Crippen LogP contribution >= 0.6 is 0 Å². The molecule has 1 N–H and O–H groups in total. The second kappa shape index (κ2) is 8.68. The number of para-hydroxylation sites is 2. The second-order valence-electron chi connectivity index (χ2n) is 8.18. The highest BCUT2D eigenvalue weighted by Crippen LogP contribution is 2.41. The van der Waals surface area contributed by atoms with E-state index in [4.69, 9.17) is 4.74 Å². The highest BCUT2D eigenvalue weighted by molar-refractivity contribution is 6.02. The van der Waals surface area contributed by atoms with Gasteiger partial charge in [0, 0.05) is 17.8 Å². The molecule has 1 unspecified atom stereocenters. The zero-order valence-corrected chi connectivity index (χ0v) is 18.1. The van der Waals surface area contributed by atoms with E-state index in [0.29, 0.717) is 18.7 Å². The predicted octanol–water partition coefficient (Wildman–Crippen LogP) is 5.62. The molecule has 1 aliphatic rings. The van der Waals surface area contributed by atoms with Gasteiger partial charge in [-0.05, 0) is 49.6 Å². The second-order valence-corrected chi connectivity index (χ2v) is 8.18. The van der Waals surface area contributed by atoms with Gasteiger partial charge in [-0.1, -0.05) is 67.2 Å². The minimum Gasteiger partial charge on any atom is -0.489 e. The number of benzene rings is 3. The van der Waals surface area contributed by atoms with Crippen LogP contribution in [-0.4, -0.2) is 24.0 Å². The Kier molecular flexibility index (Phi) is 5.81. The first-order valence-corrected chi connectivity index (χ1v) is 10.6. The van der Waals surface area contributed by atoms with Crippen molar-refractivity contribution in [1.82, 2.24) is 4.90 Å². The van der Waals surface area contributed by atoms with Crippen LogP contribution < -0.4 is 10.1 Å². The molecule has 4 heteroatoms. The smallest absolute Gasteiger partial charge is 0.258 e. The van der Waals surface area contributed by atoms with Crippen LogP contribution in [0.5, 0.6) is 5.75 Å². The van der Waals surface area contributed by atoms with E-state index in [2.05, 4.69) is 31.0 Å². The van der Waals surface area contributed by atoms with Gasteiger partial charge in [0.1, 0.15) is 18.0 Å². The Morgan fingerprint density at radius 3 is 2.45 bits per heavy atom. The maximum atomic E-state index is 13.6. The minimum atomic E-state index is -0.758. The molecule has 0 aliphatic carbocycles. The third-order valence-electron chi connectivity index (χ3n) is 5.67. The lowest BCUT2D eigenvalue weighted by Gasteiger charge is -2.47. The standard InChI is InChI=1S/C27H28N2O2/c1-20(2)19-31-25-16-10-8-14-23(25)27(3)28-24-15-9-7-13-22(24)26(30)29(27)18-17-21-11-5-4-6-12-21/h4-16,28H,1,17-19H2,2-3H3. The lowest BCUT2D eigenvalue weighted by molar-refractivity contribution is 0.0533. The van der Waals surface area contributed by atoms with Gasteiger partial charge in [0.2, 0.25) is 0 Å². The van der Waals surface area contributed by atoms with Crippen LogP contribution in [0.3, 0.4) is 0 Å². The largest absolute Gasteiger partial charge is 0.489 e. The third kappa shape index (κ3) is 4.19. The molecule has 1 atom stereocenters. The van der Waals surface area contributed by atoms with E-state index >= 15 is 0 Å². The van der Waals surface area contributed by atoms with Gasteiger partial charge in [0.05, 0.1) is 5.56 Å². The van der Waals surface area contributed by atoms with Gasteiger partial charge in [-0.15, -0.1) is 0 Å². The molecule has 1 aliphatic heterocycles. The summed E-state index contributed by atoms with van der Waals surface area (Å²) < 4.78 is 6.07. The summed E-state index contributed by atoms with van der Waals surface area (Å²) in [6.45, 7) is 8.95. The first-order chi connectivity index (χ1) is 15.0. The topological polar surface area (TPSA) is 41.6 Å². The molecule has 1 amide bonds. The molecule has 31 heavy (non-hydrogen) atoms. The molecule has 0 fully saturated rings. The van der Waals surface area contributed by atoms with Crippen LogP contribution in [0.4, 0.5) is 5.69 Å². The van der Waals surface area contributed by atoms with Gasteiger partial charge >= 0.3 is 0 Å². The number of fused-ring (bicyclic) bond motifs is 1. The van der Waals surface area contributed by atoms with Gasteiger partial charge in [0.15, 0.2) is 0 Å². The average molecular weight is 413 g/mol. The highest BCUT2D eigenvalue weighted by Gasteiger charge is 2.43. The van der Waals surface area contributed by atoms with Gasteiger partial charge < -0.3 is 15.0 Å². The molecule has 3 aromatic rings. The first-order valence-electron chi connectivity index (χ1n) is 10.6. The van der Waals surface area contributed by atoms with E-state index < -0.39 is 5.66 Å². The number of nitrogens with zero attached hydrogens (tertiary/aromatic N) is 1. The van der Waals surface area contributed by atoms with E-state index in [1.807, 2.05) is 78.6 Å². The van der Waals surface area contributed by atoms with Crippen molar-refractivity contribution in [1.29, 1.82) is 0 Å². The van der Waals surface area contributed by atoms with E-state index in [-0.39, 0.29) is 5.91 Å². The zero-order chi connectivity index (χ0) is 21.8. The molecule has 1 heterocycles. The molecule has 4 nitrogen and oxygen atoms in total. The van der Waals surface area contributed by atoms with Crippen LogP contribution in [0.2, 0.25) is 0 Å². The number of hydrogen-bond donors (Lipinski definition) is 1. The van der Waals surface area contributed by atoms with Crippen molar-refractivity contribution in [2.75, 3.05) is 18.5 Å². The zero-order valence-electron chi connectivity index (χ0n) is 18.1. The number of nitrogens with one attached hydrogen (secondary N) is 1. The number of carbonyl (C=O) groups excluding carboxylic acids is 1. The molecule has 3 aromatic carbocycles. The molecule has 0 bridgehead atoms. The lowest BCUT2D eigenvalue weighted by atomic mass is 9.92. The molecule has 0 saturated carbocycles. The fraction of sp³-hybridized carbons (Fsp3) is 0.222. The summed E-state index contributed by atoms with van der Waals surface area (Å²) >= 11 is 0. The Bertz CT molecular complexity index is 1090. The number of amides is 1. The van der Waals surface area contributed by atoms with Crippen molar-refractivity contribution in [2.24, 2.45) is 0 Å². The summed E-state index contributed by atoms with van der Waals surface area (Å²) in [5.74, 6) is 0.764. The Morgan fingerprint density at radius 1 is 1.00 bits per heavy atom. The van der Waals surface area contributed by atoms with Crippen LogP contribution in [0.15, 0.2) is 91.0 Å². The van der Waals surface area contributed by atoms with E-state index in [1.54, 1.807) is 0 Å². The van der Waals surface area contributed by atoms with Gasteiger partial charge in [0.25, 0.3) is 5.91 Å². The summed E-state index contributed by atoms with van der Waals surface area (Å²) in [4.78, 5) is 15.6. The van der Waals surface area contributed by atoms with Crippen molar-refractivity contribution in [3.05, 3.63) is 108 Å². The maximum Gasteiger partial charge on any atom is 0.258 e. The van der Waals surface area contributed by atoms with E-state index in [1.165, 1.54) is 5.56 Å². The number of anilines is 1. The monoisotopic (exact) mass is 412 g/mol. The Hall–Kier alpha value is -3.53. The lowest BCUT2D eigenvalue weighted by Crippen LogP contribution is -2.56. The minimum absolute atomic E-state index is 0.0162. The molecule has 0 spiro atoms. The van der Waals surface area contributed by atoms with E-state index in [9.17, 15) is 4.79 Å². The summed E-state index contributed by atoms with van der Waals surface area (Å²) in [5.41, 5.74) is 3.83. The Labute approximate surface area is 184 Å². The van der Waals surface area contributed by atoms with E-state index in [0.717, 1.165) is 29.0 Å². The van der Waals surface area contributed by atoms with Gasteiger partial charge in [-0.2, -0.15) is 0 Å². The number of carbonyl (C=O) groups is 1. The highest BCUT2D eigenvalue weighted by atomic mass is 16.5. The number of hydrogen-bond acceptors (Lipinski definition) is 3. The SMILES string of the molecule is C=C(C)COc1ccccc1C1(C)Nc2ccccc2C(=O)N1CCc1ccccc1. The normalized spacial score (nSPS) is 17.6. The molecule has 4 rings (SSSR count). The molecule has 0 radical (unpaired) electrons. The molecular formula is C27H28N2O2. The molecule has 158 valence electrons. The predicted molar refractivity (Wildman–Crippen MR) is 125 cm³/mol. The summed E-state index contributed by atoms with van der Waals surface area (Å²) in [6, 6.07) is 25.8. The van der Waals surface area contributed by atoms with Crippen molar-refractivity contribution in [2.45, 2.75) is 25.9 Å². The summed E-state index contributed by atoms with van der Waals surface area (Å²) in [5, 5.41) is 3.64. The van der Waals surface area contributed by atoms with Crippen LogP contribution in [0, 0.1) is 0 Å². The van der Waals surface area contributed by atoms with Crippen LogP contribution in [-0.2, 0) is 12.1 Å². The first kappa shape index (κ1) is 20.7. The van der Waals surface area contributed by atoms with Crippen molar-refractivity contribution in [3.8, 4) is 5.75 Å². The summed E-state index contributed by atoms with van der Waals surface area (Å²) in [7, 11) is 0. The number of ether oxygens (including phenoxy) is 1. The third-order valence-corrected chi connectivity index (χ3v) is 5.67. The molecule has 0 aromatic heterocycles. The Balaban J connectivity index is 1.75. The summed E-state index contributed by atoms with van der Waals surface area (Å²) in [6.07, 6.45) is 0.765. The molecule has 0 saturated heterocycles. The van der Waals surface area contributed by atoms with Crippen molar-refractivity contribution < 1.29 is 9.53 Å². The average Bonchev–Trinajstić information content (AvgIpc) is 2.78. The maximum absolute atomic E-state index is 13.6. The quantitative estimate of drug-likeness (QED) is 0.512. The van der Waals surface area contributed by atoms with Gasteiger partial charge in [-0.25, -0.2) is 0 Å². The number of rotatable bonds is 7. The van der Waals surface area contributed by atoms with Crippen molar-refractivity contribution >= 4 is 11.6 Å².